The molecule has 0 unspecified atom stereocenters. The predicted octanol–water partition coefficient (Wildman–Crippen LogP) is 4.87. The molecule has 112 valence electrons. The van der Waals surface area contributed by atoms with Crippen molar-refractivity contribution in [1.29, 1.82) is 0 Å². The van der Waals surface area contributed by atoms with E-state index in [9.17, 15) is 9.90 Å². The summed E-state index contributed by atoms with van der Waals surface area (Å²) < 4.78 is 0. The van der Waals surface area contributed by atoms with Gasteiger partial charge in [-0.3, -0.25) is 9.78 Å². The summed E-state index contributed by atoms with van der Waals surface area (Å²) in [6, 6.07) is 6.91. The number of hydrogen-bond donors (Lipinski definition) is 1. The zero-order valence-electron chi connectivity index (χ0n) is 12.6. The Morgan fingerprint density at radius 3 is 2.67 bits per heavy atom. The minimum absolute atomic E-state index is 0.127. The van der Waals surface area contributed by atoms with E-state index in [1.54, 1.807) is 24.4 Å². The number of phenols is 1. The molecule has 21 heavy (non-hydrogen) atoms. The molecule has 0 saturated carbocycles. The van der Waals surface area contributed by atoms with Crippen LogP contribution in [0.15, 0.2) is 30.5 Å². The Balaban J connectivity index is 1.98. The van der Waals surface area contributed by atoms with Gasteiger partial charge in [0, 0.05) is 23.6 Å². The van der Waals surface area contributed by atoms with Gasteiger partial charge < -0.3 is 5.11 Å². The summed E-state index contributed by atoms with van der Waals surface area (Å²) in [4.78, 5) is 16.5. The Hall–Kier alpha value is -1.90. The molecule has 2 rings (SSSR count). The van der Waals surface area contributed by atoms with Crippen molar-refractivity contribution in [2.24, 2.45) is 0 Å². The lowest BCUT2D eigenvalue weighted by Gasteiger charge is -2.07. The second-order valence-corrected chi connectivity index (χ2v) is 5.47. The molecule has 0 spiro atoms. The van der Waals surface area contributed by atoms with Gasteiger partial charge >= 0.3 is 0 Å². The lowest BCUT2D eigenvalue weighted by atomic mass is 9.99. The average Bonchev–Trinajstić information content (AvgIpc) is 2.51. The largest absolute Gasteiger partial charge is 0.506 e. The number of Topliss-reactive ketones (excluding diaryl/α,β-unsaturated/α-hetero) is 1. The van der Waals surface area contributed by atoms with E-state index in [0.717, 1.165) is 18.2 Å². The first kappa shape index (κ1) is 15.5. The summed E-state index contributed by atoms with van der Waals surface area (Å²) in [6.07, 6.45) is 9.24. The number of aromatic hydroxyl groups is 1. The third-order valence-electron chi connectivity index (χ3n) is 3.81. The van der Waals surface area contributed by atoms with E-state index in [0.29, 0.717) is 17.5 Å². The van der Waals surface area contributed by atoms with Crippen LogP contribution in [-0.4, -0.2) is 15.9 Å². The highest BCUT2D eigenvalue weighted by Crippen LogP contribution is 2.26. The number of ketones is 1. The van der Waals surface area contributed by atoms with E-state index >= 15 is 0 Å². The molecular weight excluding hydrogens is 262 g/mol. The molecule has 1 N–H and O–H groups in total. The standard InChI is InChI=1S/C18H23NO2/c1-2-3-4-5-6-7-10-16(20)14-11-12-17(21)18-15(14)9-8-13-19-18/h8-9,11-13,21H,2-7,10H2,1H3. The maximum Gasteiger partial charge on any atom is 0.163 e. The van der Waals surface area contributed by atoms with Crippen LogP contribution in [0.4, 0.5) is 0 Å². The number of fused-ring (bicyclic) bond motifs is 1. The van der Waals surface area contributed by atoms with E-state index in [1.807, 2.05) is 6.07 Å². The summed E-state index contributed by atoms with van der Waals surface area (Å²) >= 11 is 0. The molecule has 1 heterocycles. The first-order chi connectivity index (χ1) is 10.2. The smallest absolute Gasteiger partial charge is 0.163 e. The van der Waals surface area contributed by atoms with Crippen LogP contribution >= 0.6 is 0 Å². The van der Waals surface area contributed by atoms with Crippen LogP contribution in [0.25, 0.3) is 10.9 Å². The second-order valence-electron chi connectivity index (χ2n) is 5.47. The minimum Gasteiger partial charge on any atom is -0.506 e. The molecule has 0 amide bonds. The van der Waals surface area contributed by atoms with Crippen LogP contribution in [-0.2, 0) is 0 Å². The first-order valence-corrected chi connectivity index (χ1v) is 7.84. The number of rotatable bonds is 8. The summed E-state index contributed by atoms with van der Waals surface area (Å²) in [5.41, 5.74) is 1.18. The topological polar surface area (TPSA) is 50.2 Å². The fourth-order valence-corrected chi connectivity index (χ4v) is 2.60. The van der Waals surface area contributed by atoms with Gasteiger partial charge in [-0.1, -0.05) is 45.1 Å². The quantitative estimate of drug-likeness (QED) is 0.556. The lowest BCUT2D eigenvalue weighted by molar-refractivity contribution is 0.0980. The zero-order chi connectivity index (χ0) is 15.1. The van der Waals surface area contributed by atoms with Gasteiger partial charge in [0.15, 0.2) is 5.78 Å². The third-order valence-corrected chi connectivity index (χ3v) is 3.81. The maximum absolute atomic E-state index is 12.3. The maximum atomic E-state index is 12.3. The molecule has 3 heteroatoms. The number of unbranched alkanes of at least 4 members (excludes halogenated alkanes) is 5. The number of hydrogen-bond acceptors (Lipinski definition) is 3. The molecule has 0 fully saturated rings. The molecule has 0 aliphatic heterocycles. The normalized spacial score (nSPS) is 10.9. The number of pyridine rings is 1. The summed E-state index contributed by atoms with van der Waals surface area (Å²) in [5, 5.41) is 10.5. The highest BCUT2D eigenvalue weighted by molar-refractivity contribution is 6.08. The van der Waals surface area contributed by atoms with Gasteiger partial charge in [-0.05, 0) is 24.6 Å². The molecule has 2 aromatic rings. The van der Waals surface area contributed by atoms with Crippen LogP contribution in [0.1, 0.15) is 62.2 Å². The van der Waals surface area contributed by atoms with Crippen molar-refractivity contribution < 1.29 is 9.90 Å². The van der Waals surface area contributed by atoms with E-state index in [1.165, 1.54) is 25.7 Å². The van der Waals surface area contributed by atoms with Gasteiger partial charge in [0.05, 0.1) is 0 Å². The van der Waals surface area contributed by atoms with Crippen LogP contribution < -0.4 is 0 Å². The fourth-order valence-electron chi connectivity index (χ4n) is 2.60. The van der Waals surface area contributed by atoms with Crippen molar-refractivity contribution >= 4 is 16.7 Å². The van der Waals surface area contributed by atoms with Gasteiger partial charge in [0.25, 0.3) is 0 Å². The van der Waals surface area contributed by atoms with Crippen molar-refractivity contribution in [2.45, 2.75) is 51.9 Å². The van der Waals surface area contributed by atoms with Gasteiger partial charge in [-0.25, -0.2) is 0 Å². The Morgan fingerprint density at radius 2 is 1.86 bits per heavy atom. The van der Waals surface area contributed by atoms with Crippen molar-refractivity contribution in [1.82, 2.24) is 4.98 Å². The second kappa shape index (κ2) is 7.77. The Labute approximate surface area is 126 Å². The van der Waals surface area contributed by atoms with Crippen molar-refractivity contribution in [3.63, 3.8) is 0 Å². The molecule has 0 bridgehead atoms. The Morgan fingerprint density at radius 1 is 1.10 bits per heavy atom. The van der Waals surface area contributed by atoms with Crippen LogP contribution in [0.5, 0.6) is 5.75 Å². The molecule has 3 nitrogen and oxygen atoms in total. The summed E-state index contributed by atoms with van der Waals surface area (Å²) in [5.74, 6) is 0.269. The van der Waals surface area contributed by atoms with Gasteiger partial charge in [0.1, 0.15) is 11.3 Å². The number of carbonyl (C=O) groups is 1. The monoisotopic (exact) mass is 285 g/mol. The number of aromatic nitrogens is 1. The lowest BCUT2D eigenvalue weighted by Crippen LogP contribution is -2.00. The third kappa shape index (κ3) is 4.03. The van der Waals surface area contributed by atoms with Crippen LogP contribution in [0, 0.1) is 0 Å². The van der Waals surface area contributed by atoms with E-state index < -0.39 is 0 Å². The predicted molar refractivity (Wildman–Crippen MR) is 85.7 cm³/mol. The van der Waals surface area contributed by atoms with Crippen molar-refractivity contribution in [3.05, 3.63) is 36.0 Å². The molecule has 1 aromatic heterocycles. The SMILES string of the molecule is CCCCCCCCC(=O)c1ccc(O)c2ncccc12. The first-order valence-electron chi connectivity index (χ1n) is 7.84. The Bertz CT molecular complexity index is 607. The highest BCUT2D eigenvalue weighted by Gasteiger charge is 2.12. The molecule has 0 radical (unpaired) electrons. The van der Waals surface area contributed by atoms with E-state index in [4.69, 9.17) is 0 Å². The van der Waals surface area contributed by atoms with Gasteiger partial charge in [0.2, 0.25) is 0 Å². The van der Waals surface area contributed by atoms with E-state index in [-0.39, 0.29) is 11.5 Å². The summed E-state index contributed by atoms with van der Waals surface area (Å²) in [6.45, 7) is 2.20. The Kier molecular flexibility index (Phi) is 5.73. The van der Waals surface area contributed by atoms with Crippen LogP contribution in [0.3, 0.4) is 0 Å². The number of carbonyl (C=O) groups excluding carboxylic acids is 1. The minimum atomic E-state index is 0.127. The molecular formula is C18H23NO2. The van der Waals surface area contributed by atoms with Crippen LogP contribution in [0.2, 0.25) is 0 Å². The number of benzene rings is 1. The zero-order valence-corrected chi connectivity index (χ0v) is 12.6. The van der Waals surface area contributed by atoms with Gasteiger partial charge in [-0.15, -0.1) is 0 Å². The highest BCUT2D eigenvalue weighted by atomic mass is 16.3. The number of nitrogens with zero attached hydrogens (tertiary/aromatic N) is 1. The molecule has 0 atom stereocenters. The number of phenolic OH excluding ortho intramolecular Hbond substituents is 1. The molecule has 0 aliphatic carbocycles. The van der Waals surface area contributed by atoms with E-state index in [2.05, 4.69) is 11.9 Å². The van der Waals surface area contributed by atoms with Crippen molar-refractivity contribution in [2.75, 3.05) is 0 Å². The summed E-state index contributed by atoms with van der Waals surface area (Å²) in [7, 11) is 0. The molecule has 1 aromatic carbocycles. The van der Waals surface area contributed by atoms with Gasteiger partial charge in [-0.2, -0.15) is 0 Å². The van der Waals surface area contributed by atoms with Crippen molar-refractivity contribution in [3.8, 4) is 5.75 Å². The fraction of sp³-hybridized carbons (Fsp3) is 0.444. The average molecular weight is 285 g/mol. The molecule has 0 saturated heterocycles. The molecule has 0 aliphatic rings.